The second-order valence-electron chi connectivity index (χ2n) is 5.76. The van der Waals surface area contributed by atoms with Crippen molar-refractivity contribution in [1.29, 1.82) is 0 Å². The molecule has 1 aliphatic rings. The van der Waals surface area contributed by atoms with Crippen molar-refractivity contribution in [2.75, 3.05) is 5.43 Å². The zero-order valence-electron chi connectivity index (χ0n) is 12.6. The summed E-state index contributed by atoms with van der Waals surface area (Å²) in [5.74, 6) is 0.843. The van der Waals surface area contributed by atoms with Crippen LogP contribution in [0.5, 0.6) is 0 Å². The Morgan fingerprint density at radius 3 is 2.62 bits per heavy atom. The van der Waals surface area contributed by atoms with Crippen molar-refractivity contribution in [2.45, 2.75) is 39.5 Å². The molecular weight excluding hydrogens is 278 g/mol. The van der Waals surface area contributed by atoms with Crippen molar-refractivity contribution >= 4 is 22.2 Å². The third kappa shape index (κ3) is 3.50. The van der Waals surface area contributed by atoms with Crippen molar-refractivity contribution in [1.82, 2.24) is 4.98 Å². The van der Waals surface area contributed by atoms with Gasteiger partial charge in [0.25, 0.3) is 0 Å². The molecule has 21 heavy (non-hydrogen) atoms. The molecule has 1 aromatic carbocycles. The molecule has 0 bridgehead atoms. The number of aromatic nitrogens is 1. The van der Waals surface area contributed by atoms with Crippen molar-refractivity contribution < 1.29 is 0 Å². The van der Waals surface area contributed by atoms with Gasteiger partial charge < -0.3 is 0 Å². The second-order valence-corrected chi connectivity index (χ2v) is 6.97. The van der Waals surface area contributed by atoms with E-state index in [2.05, 4.69) is 41.5 Å². The van der Waals surface area contributed by atoms with Crippen LogP contribution in [0.25, 0.3) is 11.3 Å². The predicted molar refractivity (Wildman–Crippen MR) is 91.0 cm³/mol. The standard InChI is InChI=1S/C17H21N3S/c1-12-8-10-15(11-9-12)19-20-17-18-16(13(2)21-17)14-6-4-3-5-7-14/h3-7,12H,8-11H2,1-2H3,(H,18,20). The molecule has 0 radical (unpaired) electrons. The lowest BCUT2D eigenvalue weighted by molar-refractivity contribution is 0.483. The fourth-order valence-electron chi connectivity index (χ4n) is 2.64. The van der Waals surface area contributed by atoms with E-state index < -0.39 is 0 Å². The van der Waals surface area contributed by atoms with Crippen LogP contribution in [0, 0.1) is 12.8 Å². The topological polar surface area (TPSA) is 37.3 Å². The SMILES string of the molecule is Cc1sc(NN=C2CCC(C)CC2)nc1-c1ccccc1. The first-order valence-electron chi connectivity index (χ1n) is 7.56. The van der Waals surface area contributed by atoms with Gasteiger partial charge in [0, 0.05) is 16.2 Å². The minimum atomic E-state index is 0.843. The first-order valence-corrected chi connectivity index (χ1v) is 8.38. The summed E-state index contributed by atoms with van der Waals surface area (Å²) in [6.07, 6.45) is 4.74. The molecule has 110 valence electrons. The molecule has 0 atom stereocenters. The number of hydrogen-bond donors (Lipinski definition) is 1. The summed E-state index contributed by atoms with van der Waals surface area (Å²) in [5, 5.41) is 5.44. The third-order valence-electron chi connectivity index (χ3n) is 4.00. The van der Waals surface area contributed by atoms with Crippen molar-refractivity contribution in [3.05, 3.63) is 35.2 Å². The van der Waals surface area contributed by atoms with Crippen molar-refractivity contribution in [3.8, 4) is 11.3 Å². The number of anilines is 1. The van der Waals surface area contributed by atoms with E-state index in [9.17, 15) is 0 Å². The molecule has 3 rings (SSSR count). The zero-order valence-corrected chi connectivity index (χ0v) is 13.4. The summed E-state index contributed by atoms with van der Waals surface area (Å²) in [6, 6.07) is 10.3. The van der Waals surface area contributed by atoms with Gasteiger partial charge in [-0.1, -0.05) is 37.3 Å². The maximum Gasteiger partial charge on any atom is 0.204 e. The average Bonchev–Trinajstić information content (AvgIpc) is 2.89. The van der Waals surface area contributed by atoms with Crippen LogP contribution in [-0.2, 0) is 0 Å². The van der Waals surface area contributed by atoms with Crippen molar-refractivity contribution in [3.63, 3.8) is 0 Å². The van der Waals surface area contributed by atoms with Gasteiger partial charge in [-0.2, -0.15) is 5.10 Å². The highest BCUT2D eigenvalue weighted by Gasteiger charge is 2.14. The fraction of sp³-hybridized carbons (Fsp3) is 0.412. The highest BCUT2D eigenvalue weighted by atomic mass is 32.1. The van der Waals surface area contributed by atoms with Crippen LogP contribution in [-0.4, -0.2) is 10.7 Å². The molecule has 0 amide bonds. The van der Waals surface area contributed by atoms with Gasteiger partial charge in [0.15, 0.2) is 0 Å². The smallest absolute Gasteiger partial charge is 0.204 e. The van der Waals surface area contributed by atoms with Crippen LogP contribution >= 0.6 is 11.3 Å². The second kappa shape index (κ2) is 6.39. The maximum atomic E-state index is 4.68. The average molecular weight is 299 g/mol. The van der Waals surface area contributed by atoms with Crippen LogP contribution in [0.3, 0.4) is 0 Å². The summed E-state index contributed by atoms with van der Waals surface area (Å²) in [7, 11) is 0. The first-order chi connectivity index (χ1) is 10.2. The molecule has 0 spiro atoms. The minimum Gasteiger partial charge on any atom is -0.253 e. The summed E-state index contributed by atoms with van der Waals surface area (Å²) in [5.41, 5.74) is 6.66. The molecule has 1 aromatic heterocycles. The van der Waals surface area contributed by atoms with E-state index in [1.165, 1.54) is 29.0 Å². The lowest BCUT2D eigenvalue weighted by Gasteiger charge is -2.18. The van der Waals surface area contributed by atoms with Gasteiger partial charge in [0.2, 0.25) is 5.13 Å². The molecule has 4 heteroatoms. The number of hydrazone groups is 1. The zero-order chi connectivity index (χ0) is 14.7. The number of nitrogens with zero attached hydrogens (tertiary/aromatic N) is 2. The minimum absolute atomic E-state index is 0.843. The van der Waals surface area contributed by atoms with Gasteiger partial charge in [0.1, 0.15) is 0 Å². The maximum absolute atomic E-state index is 4.68. The molecule has 3 nitrogen and oxygen atoms in total. The van der Waals surface area contributed by atoms with E-state index >= 15 is 0 Å². The molecule has 1 aliphatic carbocycles. The number of nitrogens with one attached hydrogen (secondary N) is 1. The molecular formula is C17H21N3S. The number of aryl methyl sites for hydroxylation is 1. The predicted octanol–water partition coefficient (Wildman–Crippen LogP) is 5.10. The van der Waals surface area contributed by atoms with Gasteiger partial charge >= 0.3 is 0 Å². The third-order valence-corrected chi connectivity index (χ3v) is 4.88. The Kier molecular flexibility index (Phi) is 4.34. The molecule has 0 unspecified atom stereocenters. The Hall–Kier alpha value is -1.68. The Morgan fingerprint density at radius 1 is 1.19 bits per heavy atom. The quantitative estimate of drug-likeness (QED) is 0.801. The summed E-state index contributed by atoms with van der Waals surface area (Å²) >= 11 is 1.67. The van der Waals surface area contributed by atoms with E-state index in [-0.39, 0.29) is 0 Å². The first kappa shape index (κ1) is 14.3. The normalized spacial score (nSPS) is 18.6. The van der Waals surface area contributed by atoms with Gasteiger partial charge in [-0.25, -0.2) is 4.98 Å². The van der Waals surface area contributed by atoms with Crippen LogP contribution in [0.1, 0.15) is 37.5 Å². The highest BCUT2D eigenvalue weighted by molar-refractivity contribution is 7.15. The number of benzene rings is 1. The molecule has 1 fully saturated rings. The number of rotatable bonds is 3. The lowest BCUT2D eigenvalue weighted by Crippen LogP contribution is -2.12. The molecule has 0 aliphatic heterocycles. The number of hydrogen-bond acceptors (Lipinski definition) is 4. The van der Waals surface area contributed by atoms with E-state index in [4.69, 9.17) is 0 Å². The van der Waals surface area contributed by atoms with E-state index in [1.807, 2.05) is 18.2 Å². The summed E-state index contributed by atoms with van der Waals surface area (Å²) in [6.45, 7) is 4.43. The Bertz CT molecular complexity index is 621. The van der Waals surface area contributed by atoms with Gasteiger partial charge in [-0.05, 0) is 38.5 Å². The van der Waals surface area contributed by atoms with E-state index in [0.29, 0.717) is 0 Å². The van der Waals surface area contributed by atoms with E-state index in [0.717, 1.165) is 29.6 Å². The van der Waals surface area contributed by atoms with Gasteiger partial charge in [-0.15, -0.1) is 11.3 Å². The monoisotopic (exact) mass is 299 g/mol. The summed E-state index contributed by atoms with van der Waals surface area (Å²) < 4.78 is 0. The van der Waals surface area contributed by atoms with Crippen molar-refractivity contribution in [2.24, 2.45) is 11.0 Å². The Labute approximate surface area is 130 Å². The molecule has 1 heterocycles. The van der Waals surface area contributed by atoms with Crippen LogP contribution < -0.4 is 5.43 Å². The lowest BCUT2D eigenvalue weighted by atomic mass is 9.90. The largest absolute Gasteiger partial charge is 0.253 e. The molecule has 0 saturated heterocycles. The van der Waals surface area contributed by atoms with Gasteiger partial charge in [-0.3, -0.25) is 5.43 Å². The van der Waals surface area contributed by atoms with Crippen LogP contribution in [0.4, 0.5) is 5.13 Å². The molecule has 2 aromatic rings. The molecule has 1 N–H and O–H groups in total. The van der Waals surface area contributed by atoms with E-state index in [1.54, 1.807) is 11.3 Å². The van der Waals surface area contributed by atoms with Crippen LogP contribution in [0.2, 0.25) is 0 Å². The summed E-state index contributed by atoms with van der Waals surface area (Å²) in [4.78, 5) is 5.90. The fourth-order valence-corrected chi connectivity index (χ4v) is 3.42. The Balaban J connectivity index is 1.71. The van der Waals surface area contributed by atoms with Crippen LogP contribution in [0.15, 0.2) is 35.4 Å². The number of thiazole rings is 1. The molecule has 1 saturated carbocycles. The Morgan fingerprint density at radius 2 is 1.90 bits per heavy atom. The van der Waals surface area contributed by atoms with Gasteiger partial charge in [0.05, 0.1) is 5.69 Å². The highest BCUT2D eigenvalue weighted by Crippen LogP contribution is 2.30.